The quantitative estimate of drug-likeness (QED) is 0.524. The second-order valence-electron chi connectivity index (χ2n) is 8.66. The van der Waals surface area contributed by atoms with E-state index in [0.717, 1.165) is 42.9 Å². The molecule has 5 N–H and O–H groups in total. The van der Waals surface area contributed by atoms with E-state index in [9.17, 15) is 9.59 Å². The van der Waals surface area contributed by atoms with E-state index in [1.165, 1.54) is 5.56 Å². The van der Waals surface area contributed by atoms with Gasteiger partial charge in [-0.25, -0.2) is 0 Å². The third-order valence-corrected chi connectivity index (χ3v) is 6.30. The van der Waals surface area contributed by atoms with Gasteiger partial charge >= 0.3 is 0 Å². The van der Waals surface area contributed by atoms with Crippen molar-refractivity contribution in [1.29, 1.82) is 0 Å². The summed E-state index contributed by atoms with van der Waals surface area (Å²) in [4.78, 5) is 26.4. The molecule has 3 aromatic rings. The van der Waals surface area contributed by atoms with Crippen LogP contribution in [0, 0.1) is 0 Å². The van der Waals surface area contributed by atoms with Crippen LogP contribution in [0.25, 0.3) is 11.1 Å². The fraction of sp³-hybridized carbons (Fsp3) is 0.259. The number of nitrogens with two attached hydrogens (primary N) is 2. The molecule has 6 heteroatoms. The Kier molecular flexibility index (Phi) is 6.87. The molecule has 1 aliphatic rings. The Labute approximate surface area is 194 Å². The molecular weight excluding hydrogens is 412 g/mol. The lowest BCUT2D eigenvalue weighted by molar-refractivity contribution is 0.0999. The van der Waals surface area contributed by atoms with Gasteiger partial charge in [-0.2, -0.15) is 0 Å². The first-order chi connectivity index (χ1) is 15.9. The van der Waals surface area contributed by atoms with Crippen molar-refractivity contribution < 1.29 is 9.59 Å². The highest BCUT2D eigenvalue weighted by atomic mass is 16.1. The summed E-state index contributed by atoms with van der Waals surface area (Å²) in [6.45, 7) is 6.25. The SMILES string of the molecule is C[C@H]1CNCCN1Cc1cccc(-c2cccc(Cc3c(C(N)=O)cccc3C(N)=O)c2)c1. The van der Waals surface area contributed by atoms with Crippen molar-refractivity contribution in [3.8, 4) is 11.1 Å². The second kappa shape index (κ2) is 9.98. The fourth-order valence-electron chi connectivity index (χ4n) is 4.51. The number of carbonyl (C=O) groups excluding carboxylic acids is 2. The number of nitrogens with zero attached hydrogens (tertiary/aromatic N) is 1. The molecule has 1 atom stereocenters. The molecule has 1 heterocycles. The van der Waals surface area contributed by atoms with Crippen molar-refractivity contribution in [2.24, 2.45) is 11.5 Å². The number of benzene rings is 3. The Hall–Kier alpha value is -3.48. The van der Waals surface area contributed by atoms with Crippen LogP contribution in [0.4, 0.5) is 0 Å². The first kappa shape index (κ1) is 22.7. The summed E-state index contributed by atoms with van der Waals surface area (Å²) in [7, 11) is 0. The molecule has 0 bridgehead atoms. The Balaban J connectivity index is 1.61. The summed E-state index contributed by atoms with van der Waals surface area (Å²) >= 11 is 0. The highest BCUT2D eigenvalue weighted by molar-refractivity contribution is 6.01. The topological polar surface area (TPSA) is 101 Å². The number of hydrogen-bond donors (Lipinski definition) is 3. The zero-order valence-electron chi connectivity index (χ0n) is 18.9. The molecule has 3 aromatic carbocycles. The molecule has 0 saturated carbocycles. The van der Waals surface area contributed by atoms with Gasteiger partial charge in [-0.15, -0.1) is 0 Å². The van der Waals surface area contributed by atoms with E-state index in [2.05, 4.69) is 53.5 Å². The summed E-state index contributed by atoms with van der Waals surface area (Å²) in [5.74, 6) is -1.14. The zero-order chi connectivity index (χ0) is 23.4. The summed E-state index contributed by atoms with van der Waals surface area (Å²) < 4.78 is 0. The number of amides is 2. The monoisotopic (exact) mass is 442 g/mol. The van der Waals surface area contributed by atoms with Crippen LogP contribution in [0.1, 0.15) is 44.3 Å². The minimum Gasteiger partial charge on any atom is -0.366 e. The van der Waals surface area contributed by atoms with E-state index >= 15 is 0 Å². The third-order valence-electron chi connectivity index (χ3n) is 6.30. The van der Waals surface area contributed by atoms with E-state index < -0.39 is 11.8 Å². The van der Waals surface area contributed by atoms with Crippen LogP contribution in [0.3, 0.4) is 0 Å². The van der Waals surface area contributed by atoms with E-state index in [1.54, 1.807) is 18.2 Å². The maximum atomic E-state index is 12.0. The molecule has 33 heavy (non-hydrogen) atoms. The molecule has 0 aliphatic carbocycles. The molecule has 4 rings (SSSR count). The van der Waals surface area contributed by atoms with Crippen LogP contribution >= 0.6 is 0 Å². The van der Waals surface area contributed by atoms with Gasteiger partial charge in [0.2, 0.25) is 11.8 Å². The number of piperazine rings is 1. The fourth-order valence-corrected chi connectivity index (χ4v) is 4.51. The molecule has 0 spiro atoms. The lowest BCUT2D eigenvalue weighted by Gasteiger charge is -2.34. The number of rotatable bonds is 7. The zero-order valence-corrected chi connectivity index (χ0v) is 18.9. The minimum atomic E-state index is -0.570. The number of primary amides is 2. The average molecular weight is 443 g/mol. The second-order valence-corrected chi connectivity index (χ2v) is 8.66. The normalized spacial score (nSPS) is 16.5. The van der Waals surface area contributed by atoms with E-state index in [1.807, 2.05) is 12.1 Å². The van der Waals surface area contributed by atoms with Crippen molar-refractivity contribution in [3.63, 3.8) is 0 Å². The molecular formula is C27H30N4O2. The van der Waals surface area contributed by atoms with E-state index in [4.69, 9.17) is 11.5 Å². The Morgan fingerprint density at radius 1 is 0.909 bits per heavy atom. The molecule has 1 saturated heterocycles. The summed E-state index contributed by atoms with van der Waals surface area (Å²) in [5.41, 5.74) is 16.8. The van der Waals surface area contributed by atoms with Crippen LogP contribution in [-0.4, -0.2) is 42.4 Å². The van der Waals surface area contributed by atoms with Gasteiger partial charge in [0.1, 0.15) is 0 Å². The minimum absolute atomic E-state index is 0.323. The number of hydrogen-bond acceptors (Lipinski definition) is 4. The van der Waals surface area contributed by atoms with Crippen molar-refractivity contribution in [3.05, 3.63) is 94.5 Å². The molecule has 6 nitrogen and oxygen atoms in total. The Morgan fingerprint density at radius 2 is 1.48 bits per heavy atom. The van der Waals surface area contributed by atoms with Gasteiger partial charge < -0.3 is 16.8 Å². The van der Waals surface area contributed by atoms with Crippen molar-refractivity contribution in [2.45, 2.75) is 25.9 Å². The van der Waals surface area contributed by atoms with Gasteiger partial charge in [0.05, 0.1) is 0 Å². The highest BCUT2D eigenvalue weighted by Crippen LogP contribution is 2.25. The van der Waals surface area contributed by atoms with Gasteiger partial charge in [-0.1, -0.05) is 48.5 Å². The maximum absolute atomic E-state index is 12.0. The van der Waals surface area contributed by atoms with Gasteiger partial charge in [0.15, 0.2) is 0 Å². The lowest BCUT2D eigenvalue weighted by Crippen LogP contribution is -2.49. The molecule has 1 aliphatic heterocycles. The molecule has 0 radical (unpaired) electrons. The summed E-state index contributed by atoms with van der Waals surface area (Å²) in [6, 6.07) is 22.2. The Morgan fingerprint density at radius 3 is 2.09 bits per heavy atom. The first-order valence-corrected chi connectivity index (χ1v) is 11.3. The smallest absolute Gasteiger partial charge is 0.249 e. The van der Waals surface area contributed by atoms with Gasteiger partial charge in [-0.3, -0.25) is 14.5 Å². The van der Waals surface area contributed by atoms with Gasteiger partial charge in [0, 0.05) is 43.3 Å². The highest BCUT2D eigenvalue weighted by Gasteiger charge is 2.18. The van der Waals surface area contributed by atoms with Crippen LogP contribution in [-0.2, 0) is 13.0 Å². The van der Waals surface area contributed by atoms with E-state index in [0.29, 0.717) is 29.2 Å². The van der Waals surface area contributed by atoms with Crippen molar-refractivity contribution in [1.82, 2.24) is 10.2 Å². The summed E-state index contributed by atoms with van der Waals surface area (Å²) in [6.07, 6.45) is 0.392. The molecule has 2 amide bonds. The summed E-state index contributed by atoms with van der Waals surface area (Å²) in [5, 5.41) is 3.44. The maximum Gasteiger partial charge on any atom is 0.249 e. The average Bonchev–Trinajstić information content (AvgIpc) is 2.81. The van der Waals surface area contributed by atoms with E-state index in [-0.39, 0.29) is 0 Å². The standard InChI is InChI=1S/C27H30N4O2/c1-18-16-30-11-12-31(18)17-20-6-3-8-22(14-20)21-7-2-5-19(13-21)15-25-23(26(28)32)9-4-10-24(25)27(29)33/h2-10,13-14,18,30H,11-12,15-17H2,1H3,(H2,28,32)(H2,29,33)/t18-/m0/s1. The van der Waals surface area contributed by atoms with Gasteiger partial charge in [-0.05, 0) is 59.4 Å². The van der Waals surface area contributed by atoms with Gasteiger partial charge in [0.25, 0.3) is 0 Å². The van der Waals surface area contributed by atoms with Crippen LogP contribution in [0.5, 0.6) is 0 Å². The molecule has 170 valence electrons. The predicted octanol–water partition coefficient (Wildman–Crippen LogP) is 2.94. The van der Waals surface area contributed by atoms with Crippen molar-refractivity contribution >= 4 is 11.8 Å². The third kappa shape index (κ3) is 5.30. The largest absolute Gasteiger partial charge is 0.366 e. The van der Waals surface area contributed by atoms with Crippen LogP contribution in [0.15, 0.2) is 66.7 Å². The Bertz CT molecular complexity index is 1140. The number of carbonyl (C=O) groups is 2. The van der Waals surface area contributed by atoms with Crippen molar-refractivity contribution in [2.75, 3.05) is 19.6 Å². The molecule has 1 fully saturated rings. The number of nitrogens with one attached hydrogen (secondary N) is 1. The predicted molar refractivity (Wildman–Crippen MR) is 131 cm³/mol. The molecule has 0 aromatic heterocycles. The van der Waals surface area contributed by atoms with Crippen LogP contribution in [0.2, 0.25) is 0 Å². The lowest BCUT2D eigenvalue weighted by atomic mass is 9.92. The molecule has 0 unspecified atom stereocenters. The van der Waals surface area contributed by atoms with Crippen LogP contribution < -0.4 is 16.8 Å². The first-order valence-electron chi connectivity index (χ1n) is 11.3.